The molecular weight excluding hydrogens is 441 g/mol. The fourth-order valence-electron chi connectivity index (χ4n) is 4.51. The summed E-state index contributed by atoms with van der Waals surface area (Å²) in [6.07, 6.45) is 0.633. The minimum atomic E-state index is -5.79. The third-order valence-electron chi connectivity index (χ3n) is 5.59. The van der Waals surface area contributed by atoms with Crippen LogP contribution in [0.2, 0.25) is 11.1 Å². The Morgan fingerprint density at radius 2 is 1.45 bits per heavy atom. The van der Waals surface area contributed by atoms with E-state index in [4.69, 9.17) is 4.18 Å². The van der Waals surface area contributed by atoms with Gasteiger partial charge in [0.2, 0.25) is 0 Å². The molecule has 170 valence electrons. The van der Waals surface area contributed by atoms with E-state index in [1.165, 1.54) is 12.1 Å². The van der Waals surface area contributed by atoms with Crippen LogP contribution in [0.3, 0.4) is 0 Å². The number of para-hydroxylation sites is 1. The van der Waals surface area contributed by atoms with Crippen molar-refractivity contribution >= 4 is 28.6 Å². The summed E-state index contributed by atoms with van der Waals surface area (Å²) in [5, 5.41) is 1.60. The Balaban J connectivity index is 2.87. The second kappa shape index (κ2) is 9.20. The summed E-state index contributed by atoms with van der Waals surface area (Å²) in [7, 11) is -8.60. The molecule has 0 spiro atoms. The second-order valence-electron chi connectivity index (χ2n) is 8.45. The van der Waals surface area contributed by atoms with Crippen molar-refractivity contribution in [3.63, 3.8) is 0 Å². The number of benzene rings is 2. The van der Waals surface area contributed by atoms with Crippen molar-refractivity contribution in [3.8, 4) is 5.75 Å². The van der Waals surface area contributed by atoms with Crippen LogP contribution >= 0.6 is 0 Å². The molecule has 0 aliphatic carbocycles. The topological polar surface area (TPSA) is 43.4 Å². The Morgan fingerprint density at radius 3 is 1.94 bits per heavy atom. The van der Waals surface area contributed by atoms with Crippen molar-refractivity contribution in [2.45, 2.75) is 57.6 Å². The highest BCUT2D eigenvalue weighted by atomic mass is 32.2. The van der Waals surface area contributed by atoms with E-state index in [2.05, 4.69) is 6.58 Å². The van der Waals surface area contributed by atoms with E-state index < -0.39 is 23.7 Å². The lowest BCUT2D eigenvalue weighted by molar-refractivity contribution is -0.0499. The van der Waals surface area contributed by atoms with Crippen molar-refractivity contribution in [1.82, 2.24) is 0 Å². The number of halogens is 3. The molecule has 8 heteroatoms. The Kier molecular flexibility index (Phi) is 7.48. The number of allylic oxidation sites excluding steroid dienone is 1. The molecule has 0 aromatic heterocycles. The predicted molar refractivity (Wildman–Crippen MR) is 122 cm³/mol. The molecule has 31 heavy (non-hydrogen) atoms. The van der Waals surface area contributed by atoms with Gasteiger partial charge in [0, 0.05) is 0 Å². The van der Waals surface area contributed by atoms with Crippen LogP contribution in [0.1, 0.15) is 40.2 Å². The standard InChI is InChI=1S/C23H29F3O3SSi/c1-16(2)15-19-11-7-9-13-21(19)31(17(3)4,18(5)6)22-14-10-8-12-20(22)29-30(27,28)23(24,25)26/h7-14,17-18H,1,15H2,2-6H3. The molecule has 2 rings (SSSR count). The third-order valence-corrected chi connectivity index (χ3v) is 12.9. The van der Waals surface area contributed by atoms with E-state index in [0.717, 1.165) is 16.3 Å². The molecule has 0 N–H and O–H groups in total. The lowest BCUT2D eigenvalue weighted by Gasteiger charge is -2.42. The average Bonchev–Trinajstić information content (AvgIpc) is 2.62. The van der Waals surface area contributed by atoms with Crippen LogP contribution < -0.4 is 14.6 Å². The molecule has 0 atom stereocenters. The Morgan fingerprint density at radius 1 is 0.968 bits per heavy atom. The van der Waals surface area contributed by atoms with Crippen LogP contribution in [0, 0.1) is 0 Å². The largest absolute Gasteiger partial charge is 0.534 e. The first kappa shape index (κ1) is 25.2. The Bertz CT molecular complexity index is 1040. The molecule has 0 saturated carbocycles. The molecule has 0 radical (unpaired) electrons. The van der Waals surface area contributed by atoms with Gasteiger partial charge in [-0.1, -0.05) is 82.3 Å². The summed E-state index contributed by atoms with van der Waals surface area (Å²) in [5.74, 6) is -0.251. The molecule has 0 fully saturated rings. The first-order chi connectivity index (χ1) is 14.2. The minimum Gasteiger partial charge on any atom is -0.376 e. The molecule has 2 aromatic rings. The highest BCUT2D eigenvalue weighted by molar-refractivity contribution is 7.88. The van der Waals surface area contributed by atoms with Crippen LogP contribution in [-0.2, 0) is 16.5 Å². The van der Waals surface area contributed by atoms with Crippen molar-refractivity contribution in [3.05, 3.63) is 66.2 Å². The molecule has 0 aliphatic rings. The van der Waals surface area contributed by atoms with Gasteiger partial charge >= 0.3 is 15.6 Å². The van der Waals surface area contributed by atoms with Crippen LogP contribution in [0.5, 0.6) is 5.75 Å². The zero-order chi connectivity index (χ0) is 23.6. The average molecular weight is 471 g/mol. The molecule has 0 heterocycles. The van der Waals surface area contributed by atoms with E-state index in [1.54, 1.807) is 12.1 Å². The lowest BCUT2D eigenvalue weighted by atomic mass is 10.1. The van der Waals surface area contributed by atoms with Gasteiger partial charge in [0.25, 0.3) is 0 Å². The van der Waals surface area contributed by atoms with Gasteiger partial charge in [0.15, 0.2) is 0 Å². The highest BCUT2D eigenvalue weighted by Crippen LogP contribution is 2.36. The second-order valence-corrected chi connectivity index (χ2v) is 15.1. The van der Waals surface area contributed by atoms with Crippen molar-refractivity contribution < 1.29 is 25.8 Å². The minimum absolute atomic E-state index is 0.0529. The van der Waals surface area contributed by atoms with E-state index in [0.29, 0.717) is 11.6 Å². The normalized spacial score (nSPS) is 13.0. The molecule has 0 aliphatic heterocycles. The maximum atomic E-state index is 13.1. The van der Waals surface area contributed by atoms with Gasteiger partial charge in [0.05, 0.1) is 0 Å². The first-order valence-corrected chi connectivity index (χ1v) is 13.6. The summed E-state index contributed by atoms with van der Waals surface area (Å²) in [4.78, 5) is 0. The lowest BCUT2D eigenvalue weighted by Crippen LogP contribution is -2.64. The summed E-state index contributed by atoms with van der Waals surface area (Å²) >= 11 is 0. The van der Waals surface area contributed by atoms with Crippen molar-refractivity contribution in [2.75, 3.05) is 0 Å². The molecule has 0 amide bonds. The predicted octanol–water partition coefficient (Wildman–Crippen LogP) is 5.42. The Hall–Kier alpha value is -2.06. The van der Waals surface area contributed by atoms with Gasteiger partial charge in [-0.05, 0) is 46.4 Å². The number of hydrogen-bond acceptors (Lipinski definition) is 3. The molecular formula is C23H29F3O3SSi. The summed E-state index contributed by atoms with van der Waals surface area (Å²) in [6, 6.07) is 14.1. The van der Waals surface area contributed by atoms with Gasteiger partial charge in [-0.15, -0.1) is 0 Å². The van der Waals surface area contributed by atoms with Crippen molar-refractivity contribution in [2.24, 2.45) is 0 Å². The molecule has 0 unspecified atom stereocenters. The fraction of sp³-hybridized carbons (Fsp3) is 0.391. The summed E-state index contributed by atoms with van der Waals surface area (Å²) in [5.41, 5.74) is -3.38. The zero-order valence-corrected chi connectivity index (χ0v) is 20.3. The number of alkyl halides is 3. The van der Waals surface area contributed by atoms with Gasteiger partial charge in [-0.3, -0.25) is 0 Å². The smallest absolute Gasteiger partial charge is 0.376 e. The van der Waals surface area contributed by atoms with Crippen molar-refractivity contribution in [1.29, 1.82) is 0 Å². The molecule has 3 nitrogen and oxygen atoms in total. The van der Waals surface area contributed by atoms with E-state index in [9.17, 15) is 21.6 Å². The zero-order valence-electron chi connectivity index (χ0n) is 18.5. The van der Waals surface area contributed by atoms with Gasteiger partial charge in [0.1, 0.15) is 13.8 Å². The Labute approximate surface area is 184 Å². The number of rotatable bonds is 8. The van der Waals surface area contributed by atoms with Gasteiger partial charge in [-0.2, -0.15) is 21.6 Å². The van der Waals surface area contributed by atoms with E-state index in [-0.39, 0.29) is 16.8 Å². The SMILES string of the molecule is C=C(C)Cc1ccccc1[Si](c1ccccc1OS(=O)(=O)C(F)(F)F)(C(C)C)C(C)C. The van der Waals surface area contributed by atoms with Crippen LogP contribution in [0.15, 0.2) is 60.7 Å². The van der Waals surface area contributed by atoms with Crippen LogP contribution in [0.4, 0.5) is 13.2 Å². The molecule has 0 saturated heterocycles. The number of hydrogen-bond donors (Lipinski definition) is 0. The third kappa shape index (κ3) is 4.90. The quantitative estimate of drug-likeness (QED) is 0.224. The fourth-order valence-corrected chi connectivity index (χ4v) is 11.2. The molecule has 2 aromatic carbocycles. The maximum absolute atomic E-state index is 13.1. The first-order valence-electron chi connectivity index (χ1n) is 10.1. The van der Waals surface area contributed by atoms with E-state index in [1.807, 2.05) is 58.9 Å². The van der Waals surface area contributed by atoms with Gasteiger partial charge < -0.3 is 4.18 Å². The van der Waals surface area contributed by atoms with Gasteiger partial charge in [-0.25, -0.2) is 0 Å². The monoisotopic (exact) mass is 470 g/mol. The highest BCUT2D eigenvalue weighted by Gasteiger charge is 2.51. The summed E-state index contributed by atoms with van der Waals surface area (Å²) < 4.78 is 67.7. The maximum Gasteiger partial charge on any atom is 0.534 e. The van der Waals surface area contributed by atoms with Crippen LogP contribution in [0.25, 0.3) is 0 Å². The molecule has 0 bridgehead atoms. The van der Waals surface area contributed by atoms with Crippen LogP contribution in [-0.4, -0.2) is 22.0 Å². The summed E-state index contributed by atoms with van der Waals surface area (Å²) in [6.45, 7) is 14.1. The van der Waals surface area contributed by atoms with E-state index >= 15 is 0 Å².